The number of likely N-dealkylation sites (N-methyl/N-ethyl adjacent to an activating group) is 1. The molecule has 1 rings (SSSR count). The van der Waals surface area contributed by atoms with Crippen LogP contribution in [0, 0.1) is 18.3 Å². The Kier molecular flexibility index (Phi) is 4.72. The van der Waals surface area contributed by atoms with Crippen molar-refractivity contribution in [3.63, 3.8) is 0 Å². The molecule has 0 heterocycles. The van der Waals surface area contributed by atoms with Gasteiger partial charge in [0, 0.05) is 6.42 Å². The van der Waals surface area contributed by atoms with Gasteiger partial charge in [-0.25, -0.2) is 0 Å². The van der Waals surface area contributed by atoms with Gasteiger partial charge in [0.1, 0.15) is 5.54 Å². The van der Waals surface area contributed by atoms with Gasteiger partial charge in [0.25, 0.3) is 0 Å². The highest BCUT2D eigenvalue weighted by molar-refractivity contribution is 5.29. The fourth-order valence-corrected chi connectivity index (χ4v) is 2.32. The molecule has 1 aromatic rings. The highest BCUT2D eigenvalue weighted by Crippen LogP contribution is 2.22. The van der Waals surface area contributed by atoms with Gasteiger partial charge >= 0.3 is 0 Å². The number of aryl methyl sites for hydroxylation is 1. The summed E-state index contributed by atoms with van der Waals surface area (Å²) in [5, 5.41) is 9.48. The zero-order chi connectivity index (χ0) is 12.9. The van der Waals surface area contributed by atoms with Gasteiger partial charge in [0.05, 0.1) is 6.07 Å². The molecule has 0 aliphatic rings. The average Bonchev–Trinajstić information content (AvgIpc) is 2.33. The van der Waals surface area contributed by atoms with E-state index in [4.69, 9.17) is 0 Å². The van der Waals surface area contributed by atoms with Gasteiger partial charge in [-0.15, -0.1) is 0 Å². The molecule has 1 aromatic carbocycles. The minimum atomic E-state index is -0.407. The summed E-state index contributed by atoms with van der Waals surface area (Å²) in [7, 11) is 0. The van der Waals surface area contributed by atoms with Crippen molar-refractivity contribution in [3.05, 3.63) is 35.4 Å². The molecular weight excluding hydrogens is 208 g/mol. The molecule has 17 heavy (non-hydrogen) atoms. The van der Waals surface area contributed by atoms with Crippen LogP contribution in [0.1, 0.15) is 31.9 Å². The monoisotopic (exact) mass is 230 g/mol. The first-order valence-corrected chi connectivity index (χ1v) is 6.28. The molecule has 0 N–H and O–H groups in total. The molecule has 0 spiro atoms. The van der Waals surface area contributed by atoms with Gasteiger partial charge in [-0.05, 0) is 38.1 Å². The summed E-state index contributed by atoms with van der Waals surface area (Å²) in [6, 6.07) is 10.8. The molecule has 1 atom stereocenters. The third kappa shape index (κ3) is 3.08. The van der Waals surface area contributed by atoms with Crippen molar-refractivity contribution < 1.29 is 0 Å². The highest BCUT2D eigenvalue weighted by atomic mass is 15.2. The molecule has 0 aliphatic carbocycles. The molecule has 0 aromatic heterocycles. The Morgan fingerprint density at radius 3 is 2.29 bits per heavy atom. The lowest BCUT2D eigenvalue weighted by molar-refractivity contribution is 0.169. The third-order valence-electron chi connectivity index (χ3n) is 3.50. The van der Waals surface area contributed by atoms with Crippen LogP contribution in [0.3, 0.4) is 0 Å². The molecule has 1 unspecified atom stereocenters. The van der Waals surface area contributed by atoms with Crippen LogP contribution in [-0.4, -0.2) is 23.5 Å². The minimum absolute atomic E-state index is 0.407. The summed E-state index contributed by atoms with van der Waals surface area (Å²) in [6.45, 7) is 10.2. The van der Waals surface area contributed by atoms with E-state index in [1.165, 1.54) is 11.1 Å². The maximum Gasteiger partial charge on any atom is 0.110 e. The Bertz CT molecular complexity index is 402. The van der Waals surface area contributed by atoms with Crippen LogP contribution in [0.25, 0.3) is 0 Å². The molecular formula is C15H22N2. The van der Waals surface area contributed by atoms with Gasteiger partial charge in [-0.1, -0.05) is 38.1 Å². The Morgan fingerprint density at radius 1 is 1.24 bits per heavy atom. The molecule has 92 valence electrons. The van der Waals surface area contributed by atoms with Crippen molar-refractivity contribution in [1.29, 1.82) is 5.26 Å². The predicted octanol–water partition coefficient (Wildman–Crippen LogP) is 3.16. The van der Waals surface area contributed by atoms with Gasteiger partial charge in [-0.2, -0.15) is 5.26 Å². The minimum Gasteiger partial charge on any atom is -0.286 e. The van der Waals surface area contributed by atoms with Gasteiger partial charge in [0.15, 0.2) is 0 Å². The lowest BCUT2D eigenvalue weighted by Gasteiger charge is -2.34. The molecule has 0 bridgehead atoms. The Morgan fingerprint density at radius 2 is 1.82 bits per heavy atom. The van der Waals surface area contributed by atoms with Crippen LogP contribution in [0.5, 0.6) is 0 Å². The van der Waals surface area contributed by atoms with E-state index in [0.717, 1.165) is 19.5 Å². The van der Waals surface area contributed by atoms with E-state index >= 15 is 0 Å². The molecule has 2 nitrogen and oxygen atoms in total. The summed E-state index contributed by atoms with van der Waals surface area (Å²) < 4.78 is 0. The number of rotatable bonds is 5. The Hall–Kier alpha value is -1.33. The van der Waals surface area contributed by atoms with E-state index in [0.29, 0.717) is 0 Å². The topological polar surface area (TPSA) is 27.0 Å². The van der Waals surface area contributed by atoms with Crippen LogP contribution in [-0.2, 0) is 6.42 Å². The first kappa shape index (κ1) is 13.7. The molecule has 0 amide bonds. The number of benzene rings is 1. The largest absolute Gasteiger partial charge is 0.286 e. The van der Waals surface area contributed by atoms with Crippen molar-refractivity contribution in [2.24, 2.45) is 0 Å². The normalized spacial score (nSPS) is 14.4. The zero-order valence-corrected chi connectivity index (χ0v) is 11.3. The van der Waals surface area contributed by atoms with Crippen LogP contribution < -0.4 is 0 Å². The second-order valence-electron chi connectivity index (χ2n) is 4.66. The number of nitrogens with zero attached hydrogens (tertiary/aromatic N) is 2. The Balaban J connectivity index is 2.98. The van der Waals surface area contributed by atoms with Crippen molar-refractivity contribution in [1.82, 2.24) is 4.90 Å². The molecule has 0 saturated carbocycles. The van der Waals surface area contributed by atoms with E-state index in [1.54, 1.807) is 0 Å². The van der Waals surface area contributed by atoms with Crippen molar-refractivity contribution >= 4 is 0 Å². The van der Waals surface area contributed by atoms with Crippen LogP contribution in [0.2, 0.25) is 0 Å². The fourth-order valence-electron chi connectivity index (χ4n) is 2.32. The maximum absolute atomic E-state index is 9.48. The van der Waals surface area contributed by atoms with Crippen LogP contribution in [0.15, 0.2) is 24.3 Å². The SMILES string of the molecule is CCN(CC)C(C)(C#N)Cc1ccccc1C. The average molecular weight is 230 g/mol. The number of hydrogen-bond donors (Lipinski definition) is 0. The van der Waals surface area contributed by atoms with E-state index in [2.05, 4.69) is 43.9 Å². The van der Waals surface area contributed by atoms with Gasteiger partial charge < -0.3 is 0 Å². The highest BCUT2D eigenvalue weighted by Gasteiger charge is 2.30. The smallest absolute Gasteiger partial charge is 0.110 e. The Labute approximate surface area is 105 Å². The zero-order valence-electron chi connectivity index (χ0n) is 11.3. The molecule has 0 radical (unpaired) electrons. The van der Waals surface area contributed by atoms with Crippen molar-refractivity contribution in [2.75, 3.05) is 13.1 Å². The first-order chi connectivity index (χ1) is 8.07. The van der Waals surface area contributed by atoms with Gasteiger partial charge in [-0.3, -0.25) is 4.90 Å². The summed E-state index contributed by atoms with van der Waals surface area (Å²) in [4.78, 5) is 2.22. The summed E-state index contributed by atoms with van der Waals surface area (Å²) >= 11 is 0. The number of nitriles is 1. The summed E-state index contributed by atoms with van der Waals surface area (Å²) in [5.41, 5.74) is 2.12. The van der Waals surface area contributed by atoms with Crippen molar-refractivity contribution in [2.45, 2.75) is 39.7 Å². The van der Waals surface area contributed by atoms with Gasteiger partial charge in [0.2, 0.25) is 0 Å². The van der Waals surface area contributed by atoms with Crippen LogP contribution >= 0.6 is 0 Å². The number of hydrogen-bond acceptors (Lipinski definition) is 2. The van der Waals surface area contributed by atoms with E-state index < -0.39 is 5.54 Å². The standard InChI is InChI=1S/C15H22N2/c1-5-17(6-2)15(4,12-16)11-14-10-8-7-9-13(14)3/h7-10H,5-6,11H2,1-4H3. The molecule has 0 aliphatic heterocycles. The van der Waals surface area contributed by atoms with E-state index in [1.807, 2.05) is 19.1 Å². The van der Waals surface area contributed by atoms with Crippen LogP contribution in [0.4, 0.5) is 0 Å². The summed E-state index contributed by atoms with van der Waals surface area (Å²) in [6.07, 6.45) is 0.790. The second-order valence-corrected chi connectivity index (χ2v) is 4.66. The molecule has 0 fully saturated rings. The summed E-state index contributed by atoms with van der Waals surface area (Å²) in [5.74, 6) is 0. The fraction of sp³-hybridized carbons (Fsp3) is 0.533. The lowest BCUT2D eigenvalue weighted by Crippen LogP contribution is -2.46. The lowest BCUT2D eigenvalue weighted by atomic mass is 9.90. The molecule has 0 saturated heterocycles. The van der Waals surface area contributed by atoms with E-state index in [-0.39, 0.29) is 0 Å². The predicted molar refractivity (Wildman–Crippen MR) is 71.8 cm³/mol. The maximum atomic E-state index is 9.48. The second kappa shape index (κ2) is 5.84. The molecule has 2 heteroatoms. The third-order valence-corrected chi connectivity index (χ3v) is 3.50. The van der Waals surface area contributed by atoms with Crippen molar-refractivity contribution in [3.8, 4) is 6.07 Å². The quantitative estimate of drug-likeness (QED) is 0.777. The first-order valence-electron chi connectivity index (χ1n) is 6.28. The van der Waals surface area contributed by atoms with E-state index in [9.17, 15) is 5.26 Å².